The first-order valence-electron chi connectivity index (χ1n) is 11.1. The molecule has 3 aliphatic heterocycles. The van der Waals surface area contributed by atoms with Gasteiger partial charge in [0, 0.05) is 19.1 Å². The van der Waals surface area contributed by atoms with Crippen LogP contribution in [0, 0.1) is 11.8 Å². The lowest BCUT2D eigenvalue weighted by Crippen LogP contribution is -2.60. The van der Waals surface area contributed by atoms with E-state index in [0.29, 0.717) is 17.5 Å². The molecule has 4 atom stereocenters. The minimum absolute atomic E-state index is 0.0962. The topological polar surface area (TPSA) is 52.2 Å². The molecule has 1 amide bonds. The van der Waals surface area contributed by atoms with Gasteiger partial charge in [0.05, 0.1) is 16.6 Å². The molecule has 3 saturated heterocycles. The minimum atomic E-state index is 0.0962. The predicted molar refractivity (Wildman–Crippen MR) is 115 cm³/mol. The molecule has 2 aromatic rings. The molecule has 0 spiro atoms. The first-order chi connectivity index (χ1) is 14.3. The van der Waals surface area contributed by atoms with Crippen LogP contribution in [0.4, 0.5) is 0 Å². The summed E-state index contributed by atoms with van der Waals surface area (Å²) in [6.45, 7) is 3.26. The fourth-order valence-corrected chi connectivity index (χ4v) is 7.03. The van der Waals surface area contributed by atoms with Gasteiger partial charge in [-0.05, 0) is 68.0 Å². The number of nitrogens with one attached hydrogen (secondary N) is 1. The molecule has 152 valence electrons. The number of amides is 1. The number of carbonyl (C=O) groups excluding carboxylic acids is 1. The van der Waals surface area contributed by atoms with E-state index in [4.69, 9.17) is 0 Å². The maximum Gasteiger partial charge on any atom is 0.274 e. The van der Waals surface area contributed by atoms with Crippen molar-refractivity contribution in [3.8, 4) is 10.6 Å². The van der Waals surface area contributed by atoms with Crippen molar-refractivity contribution in [2.45, 2.75) is 50.6 Å². The second-order valence-corrected chi connectivity index (χ2v) is 10.1. The molecule has 0 aromatic carbocycles. The quantitative estimate of drug-likeness (QED) is 0.759. The van der Waals surface area contributed by atoms with Crippen molar-refractivity contribution in [2.75, 3.05) is 19.6 Å². The standard InChI is InChI=1S/C23H28N4OS/c28-23(19-13-18(24-25-19)21-7-4-10-29-21)27-9-3-5-15-11-16-12-17(22(15)27)14-26-8-2-1-6-20(16)26/h4,7,10-11,13,16-17,20,22H,1-3,5-6,8-9,12,14H2,(H,24,25)/t16-,17-,20-,22-/m0/s1. The molecule has 4 aliphatic rings. The number of thiophene rings is 1. The molecule has 2 bridgehead atoms. The Balaban J connectivity index is 1.29. The van der Waals surface area contributed by atoms with E-state index in [1.165, 1.54) is 37.8 Å². The summed E-state index contributed by atoms with van der Waals surface area (Å²) < 4.78 is 0. The Morgan fingerprint density at radius 1 is 1.24 bits per heavy atom. The average Bonchev–Trinajstić information content (AvgIpc) is 3.45. The van der Waals surface area contributed by atoms with Crippen molar-refractivity contribution >= 4 is 17.2 Å². The minimum Gasteiger partial charge on any atom is -0.330 e. The van der Waals surface area contributed by atoms with E-state index in [2.05, 4.69) is 37.5 Å². The number of piperidine rings is 3. The van der Waals surface area contributed by atoms with Crippen LogP contribution < -0.4 is 0 Å². The van der Waals surface area contributed by atoms with Crippen LogP contribution in [0.25, 0.3) is 10.6 Å². The van der Waals surface area contributed by atoms with E-state index in [1.807, 2.05) is 12.1 Å². The molecule has 1 N–H and O–H groups in total. The van der Waals surface area contributed by atoms with Gasteiger partial charge in [0.25, 0.3) is 5.91 Å². The van der Waals surface area contributed by atoms with Gasteiger partial charge >= 0.3 is 0 Å². The van der Waals surface area contributed by atoms with Gasteiger partial charge in [0.2, 0.25) is 0 Å². The zero-order valence-electron chi connectivity index (χ0n) is 16.7. The molecule has 2 aromatic heterocycles. The molecule has 5 heterocycles. The fourth-order valence-electron chi connectivity index (χ4n) is 6.34. The van der Waals surface area contributed by atoms with Crippen LogP contribution in [0.5, 0.6) is 0 Å². The van der Waals surface area contributed by atoms with E-state index >= 15 is 0 Å². The van der Waals surface area contributed by atoms with Crippen molar-refractivity contribution in [2.24, 2.45) is 11.8 Å². The highest BCUT2D eigenvalue weighted by molar-refractivity contribution is 7.13. The van der Waals surface area contributed by atoms with E-state index in [0.717, 1.165) is 42.5 Å². The van der Waals surface area contributed by atoms with E-state index in [1.54, 1.807) is 11.3 Å². The largest absolute Gasteiger partial charge is 0.330 e. The molecule has 5 nitrogen and oxygen atoms in total. The molecule has 1 aliphatic carbocycles. The SMILES string of the molecule is O=C(c1cc(-c2cccs2)[nH]n1)N1CCCC2=C[C@H]3C[C@@H](CN4CCCC[C@@H]34)[C@H]21. The number of H-pyrrole nitrogens is 1. The summed E-state index contributed by atoms with van der Waals surface area (Å²) in [6, 6.07) is 7.04. The number of likely N-dealkylation sites (tertiary alicyclic amines) is 1. The highest BCUT2D eigenvalue weighted by Gasteiger charge is 2.47. The maximum absolute atomic E-state index is 13.5. The summed E-state index contributed by atoms with van der Waals surface area (Å²) >= 11 is 1.67. The number of aromatic amines is 1. The predicted octanol–water partition coefficient (Wildman–Crippen LogP) is 4.17. The summed E-state index contributed by atoms with van der Waals surface area (Å²) in [5.74, 6) is 1.37. The molecule has 29 heavy (non-hydrogen) atoms. The lowest BCUT2D eigenvalue weighted by Gasteiger charge is -2.54. The Kier molecular flexibility index (Phi) is 4.38. The van der Waals surface area contributed by atoms with Gasteiger partial charge < -0.3 is 4.90 Å². The summed E-state index contributed by atoms with van der Waals surface area (Å²) in [4.78, 5) is 19.5. The van der Waals surface area contributed by atoms with Gasteiger partial charge in [-0.15, -0.1) is 11.3 Å². The van der Waals surface area contributed by atoms with Gasteiger partial charge in [0.1, 0.15) is 0 Å². The average molecular weight is 409 g/mol. The summed E-state index contributed by atoms with van der Waals surface area (Å²) in [7, 11) is 0. The molecule has 3 fully saturated rings. The van der Waals surface area contributed by atoms with E-state index < -0.39 is 0 Å². The molecular formula is C23H28N4OS. The Morgan fingerprint density at radius 3 is 3.10 bits per heavy atom. The summed E-state index contributed by atoms with van der Waals surface area (Å²) in [6.07, 6.45) is 10.1. The number of hydrogen-bond donors (Lipinski definition) is 1. The summed E-state index contributed by atoms with van der Waals surface area (Å²) in [5.41, 5.74) is 3.03. The molecule has 0 radical (unpaired) electrons. The van der Waals surface area contributed by atoms with Gasteiger partial charge in [0.15, 0.2) is 5.69 Å². The third kappa shape index (κ3) is 2.99. The lowest BCUT2D eigenvalue weighted by atomic mass is 9.68. The van der Waals surface area contributed by atoms with Crippen LogP contribution in [-0.2, 0) is 0 Å². The lowest BCUT2D eigenvalue weighted by molar-refractivity contribution is 0.00131. The second-order valence-electron chi connectivity index (χ2n) is 9.15. The maximum atomic E-state index is 13.5. The zero-order valence-corrected chi connectivity index (χ0v) is 17.5. The van der Waals surface area contributed by atoms with Gasteiger partial charge in [-0.1, -0.05) is 24.1 Å². The van der Waals surface area contributed by atoms with Crippen LogP contribution in [0.15, 0.2) is 35.2 Å². The zero-order chi connectivity index (χ0) is 19.4. The van der Waals surface area contributed by atoms with Crippen LogP contribution in [0.3, 0.4) is 0 Å². The third-order valence-electron chi connectivity index (χ3n) is 7.50. The molecule has 6 heteroatoms. The van der Waals surface area contributed by atoms with Crippen molar-refractivity contribution in [1.82, 2.24) is 20.0 Å². The first-order valence-corrected chi connectivity index (χ1v) is 12.0. The Bertz CT molecular complexity index is 933. The molecular weight excluding hydrogens is 380 g/mol. The number of hydrogen-bond acceptors (Lipinski definition) is 4. The Morgan fingerprint density at radius 2 is 2.21 bits per heavy atom. The van der Waals surface area contributed by atoms with Crippen molar-refractivity contribution in [1.29, 1.82) is 0 Å². The number of nitrogens with zero attached hydrogens (tertiary/aromatic N) is 3. The molecule has 6 rings (SSSR count). The summed E-state index contributed by atoms with van der Waals surface area (Å²) in [5, 5.41) is 9.51. The van der Waals surface area contributed by atoms with Crippen LogP contribution in [-0.4, -0.2) is 57.6 Å². The highest BCUT2D eigenvalue weighted by atomic mass is 32.1. The monoisotopic (exact) mass is 408 g/mol. The van der Waals surface area contributed by atoms with Crippen LogP contribution in [0.1, 0.15) is 49.0 Å². The van der Waals surface area contributed by atoms with Gasteiger partial charge in [-0.25, -0.2) is 0 Å². The van der Waals surface area contributed by atoms with Crippen molar-refractivity contribution in [3.63, 3.8) is 0 Å². The normalized spacial score (nSPS) is 31.7. The number of aromatic nitrogens is 2. The number of fused-ring (bicyclic) bond motifs is 6. The first kappa shape index (κ1) is 17.9. The Labute approximate surface area is 175 Å². The number of carbonyl (C=O) groups is 1. The highest BCUT2D eigenvalue weighted by Crippen LogP contribution is 2.45. The smallest absolute Gasteiger partial charge is 0.274 e. The van der Waals surface area contributed by atoms with Gasteiger partial charge in [-0.3, -0.25) is 14.8 Å². The van der Waals surface area contributed by atoms with E-state index in [-0.39, 0.29) is 11.9 Å². The van der Waals surface area contributed by atoms with Crippen LogP contribution in [0.2, 0.25) is 0 Å². The van der Waals surface area contributed by atoms with Crippen molar-refractivity contribution in [3.05, 3.63) is 40.9 Å². The molecule has 0 unspecified atom stereocenters. The number of rotatable bonds is 2. The van der Waals surface area contributed by atoms with Crippen LogP contribution >= 0.6 is 11.3 Å². The van der Waals surface area contributed by atoms with Crippen molar-refractivity contribution < 1.29 is 4.79 Å². The van der Waals surface area contributed by atoms with E-state index in [9.17, 15) is 4.79 Å². The third-order valence-corrected chi connectivity index (χ3v) is 8.40. The Hall–Kier alpha value is -1.92. The molecule has 0 saturated carbocycles. The van der Waals surface area contributed by atoms with Gasteiger partial charge in [-0.2, -0.15) is 5.10 Å². The fraction of sp³-hybridized carbons (Fsp3) is 0.565. The second kappa shape index (κ2) is 7.10.